The van der Waals surface area contributed by atoms with E-state index in [4.69, 9.17) is 25.3 Å². The third kappa shape index (κ3) is 4.47. The second-order valence-electron chi connectivity index (χ2n) is 5.44. The quantitative estimate of drug-likeness (QED) is 0.571. The highest BCUT2D eigenvalue weighted by Gasteiger charge is 2.22. The lowest BCUT2D eigenvalue weighted by Crippen LogP contribution is -2.11. The van der Waals surface area contributed by atoms with E-state index in [1.54, 1.807) is 36.4 Å². The Balaban J connectivity index is 1.96. The van der Waals surface area contributed by atoms with Gasteiger partial charge in [0.05, 0.1) is 7.11 Å². The van der Waals surface area contributed by atoms with E-state index in [9.17, 15) is 8.42 Å². The molecule has 2 aromatic carbocycles. The molecule has 0 spiro atoms. The fraction of sp³-hybridized carbons (Fsp3) is 0.111. The van der Waals surface area contributed by atoms with Gasteiger partial charge < -0.3 is 13.7 Å². The summed E-state index contributed by atoms with van der Waals surface area (Å²) in [6.45, 7) is 1.85. The summed E-state index contributed by atoms with van der Waals surface area (Å²) in [7, 11) is -2.63. The van der Waals surface area contributed by atoms with Gasteiger partial charge >= 0.3 is 10.1 Å². The molecule has 7 nitrogen and oxygen atoms in total. The van der Waals surface area contributed by atoms with Crippen molar-refractivity contribution in [3.05, 3.63) is 65.3 Å². The summed E-state index contributed by atoms with van der Waals surface area (Å²) in [6.07, 6.45) is 0. The summed E-state index contributed by atoms with van der Waals surface area (Å²) in [5.74, 6) is 0.386. The maximum Gasteiger partial charge on any atom is 0.339 e. The molecular formula is C18H15ClN2O5S. The number of nitrogens with zero attached hydrogens (tertiary/aromatic N) is 2. The van der Waals surface area contributed by atoms with E-state index in [1.807, 2.05) is 6.92 Å². The van der Waals surface area contributed by atoms with Crippen LogP contribution in [0, 0.1) is 6.92 Å². The molecule has 9 heteroatoms. The van der Waals surface area contributed by atoms with Crippen molar-refractivity contribution in [2.75, 3.05) is 7.11 Å². The average Bonchev–Trinajstić information content (AvgIpc) is 2.64. The molecule has 0 aliphatic rings. The van der Waals surface area contributed by atoms with Crippen LogP contribution in [0.5, 0.6) is 23.1 Å². The minimum Gasteiger partial charge on any atom is -0.493 e. The number of rotatable bonds is 6. The normalized spacial score (nSPS) is 11.1. The van der Waals surface area contributed by atoms with E-state index in [-0.39, 0.29) is 21.7 Å². The van der Waals surface area contributed by atoms with Crippen molar-refractivity contribution in [3.8, 4) is 23.1 Å². The van der Waals surface area contributed by atoms with E-state index < -0.39 is 10.1 Å². The van der Waals surface area contributed by atoms with E-state index in [0.29, 0.717) is 11.5 Å². The Morgan fingerprint density at radius 2 is 1.59 bits per heavy atom. The molecule has 0 N–H and O–H groups in total. The molecule has 0 saturated heterocycles. The van der Waals surface area contributed by atoms with Crippen molar-refractivity contribution in [1.29, 1.82) is 0 Å². The molecule has 3 rings (SSSR count). The SMILES string of the molecule is COc1ccccc1Oc1nnc(Cl)cc1OS(=O)(=O)c1ccc(C)cc1. The molecule has 0 bridgehead atoms. The maximum atomic E-state index is 12.6. The van der Waals surface area contributed by atoms with Gasteiger partial charge in [-0.05, 0) is 31.2 Å². The number of benzene rings is 2. The van der Waals surface area contributed by atoms with Crippen LogP contribution >= 0.6 is 11.6 Å². The van der Waals surface area contributed by atoms with E-state index >= 15 is 0 Å². The molecule has 0 amide bonds. The molecule has 0 aliphatic heterocycles. The van der Waals surface area contributed by atoms with Crippen molar-refractivity contribution < 1.29 is 22.1 Å². The number of hydrogen-bond acceptors (Lipinski definition) is 7. The van der Waals surface area contributed by atoms with E-state index in [1.165, 1.54) is 25.3 Å². The van der Waals surface area contributed by atoms with Crippen molar-refractivity contribution in [2.24, 2.45) is 0 Å². The molecule has 3 aromatic rings. The lowest BCUT2D eigenvalue weighted by atomic mass is 10.2. The summed E-state index contributed by atoms with van der Waals surface area (Å²) >= 11 is 5.85. The topological polar surface area (TPSA) is 87.6 Å². The predicted octanol–water partition coefficient (Wildman–Crippen LogP) is 4.01. The molecule has 1 heterocycles. The highest BCUT2D eigenvalue weighted by molar-refractivity contribution is 7.87. The van der Waals surface area contributed by atoms with Gasteiger partial charge in [0, 0.05) is 6.07 Å². The van der Waals surface area contributed by atoms with Crippen LogP contribution in [0.15, 0.2) is 59.5 Å². The van der Waals surface area contributed by atoms with Gasteiger partial charge in [0.1, 0.15) is 4.90 Å². The first kappa shape index (κ1) is 18.9. The molecule has 140 valence electrons. The third-order valence-corrected chi connectivity index (χ3v) is 4.92. The summed E-state index contributed by atoms with van der Waals surface area (Å²) in [4.78, 5) is -0.00993. The average molecular weight is 407 g/mol. The first-order chi connectivity index (χ1) is 12.9. The highest BCUT2D eigenvalue weighted by atomic mass is 35.5. The molecular weight excluding hydrogens is 392 g/mol. The molecule has 0 atom stereocenters. The van der Waals surface area contributed by atoms with Gasteiger partial charge in [0.2, 0.25) is 5.75 Å². The highest BCUT2D eigenvalue weighted by Crippen LogP contribution is 2.36. The number of aromatic nitrogens is 2. The van der Waals surface area contributed by atoms with Crippen LogP contribution in [-0.4, -0.2) is 25.7 Å². The van der Waals surface area contributed by atoms with Crippen LogP contribution in [0.3, 0.4) is 0 Å². The van der Waals surface area contributed by atoms with Gasteiger partial charge in [-0.15, -0.1) is 10.2 Å². The summed E-state index contributed by atoms with van der Waals surface area (Å²) in [5, 5.41) is 7.43. The summed E-state index contributed by atoms with van der Waals surface area (Å²) < 4.78 is 41.2. The summed E-state index contributed by atoms with van der Waals surface area (Å²) in [5.41, 5.74) is 0.919. The van der Waals surface area contributed by atoms with Crippen LogP contribution in [0.25, 0.3) is 0 Å². The first-order valence-corrected chi connectivity index (χ1v) is 9.53. The molecule has 0 fully saturated rings. The van der Waals surface area contributed by atoms with Crippen molar-refractivity contribution in [2.45, 2.75) is 11.8 Å². The second-order valence-corrected chi connectivity index (χ2v) is 7.37. The Labute approximate surface area is 161 Å². The minimum absolute atomic E-state index is 0.00993. The lowest BCUT2D eigenvalue weighted by molar-refractivity contribution is 0.364. The van der Waals surface area contributed by atoms with E-state index in [0.717, 1.165) is 5.56 Å². The Kier molecular flexibility index (Phi) is 5.48. The molecule has 0 saturated carbocycles. The molecule has 0 unspecified atom stereocenters. The second kappa shape index (κ2) is 7.81. The number of hydrogen-bond donors (Lipinski definition) is 0. The third-order valence-electron chi connectivity index (χ3n) is 3.48. The van der Waals surface area contributed by atoms with Gasteiger partial charge in [0.15, 0.2) is 16.7 Å². The number of ether oxygens (including phenoxy) is 2. The molecule has 1 aromatic heterocycles. The number of halogens is 1. The fourth-order valence-corrected chi connectivity index (χ4v) is 3.21. The minimum atomic E-state index is -4.11. The van der Waals surface area contributed by atoms with Crippen LogP contribution in [0.4, 0.5) is 0 Å². The Morgan fingerprint density at radius 1 is 0.926 bits per heavy atom. The Bertz CT molecular complexity index is 1060. The van der Waals surface area contributed by atoms with Crippen molar-refractivity contribution in [1.82, 2.24) is 10.2 Å². The standard InChI is InChI=1S/C18H15ClN2O5S/c1-12-7-9-13(10-8-12)27(22,23)26-16-11-17(19)20-21-18(16)25-15-6-4-3-5-14(15)24-2/h3-11H,1-2H3. The van der Waals surface area contributed by atoms with Crippen LogP contribution in [-0.2, 0) is 10.1 Å². The fourth-order valence-electron chi connectivity index (χ4n) is 2.15. The maximum absolute atomic E-state index is 12.6. The van der Waals surface area contributed by atoms with Gasteiger partial charge in [-0.1, -0.05) is 41.4 Å². The number of methoxy groups -OCH3 is 1. The van der Waals surface area contributed by atoms with Gasteiger partial charge in [-0.25, -0.2) is 0 Å². The monoisotopic (exact) mass is 406 g/mol. The first-order valence-electron chi connectivity index (χ1n) is 7.74. The molecule has 0 radical (unpaired) electrons. The number of aryl methyl sites for hydroxylation is 1. The van der Waals surface area contributed by atoms with Crippen LogP contribution < -0.4 is 13.7 Å². The van der Waals surface area contributed by atoms with Gasteiger partial charge in [-0.2, -0.15) is 8.42 Å². The molecule has 0 aliphatic carbocycles. The zero-order chi connectivity index (χ0) is 19.4. The summed E-state index contributed by atoms with van der Waals surface area (Å²) in [6, 6.07) is 14.2. The van der Waals surface area contributed by atoms with Crippen LogP contribution in [0.2, 0.25) is 5.15 Å². The van der Waals surface area contributed by atoms with Gasteiger partial charge in [0.25, 0.3) is 5.88 Å². The molecule has 27 heavy (non-hydrogen) atoms. The van der Waals surface area contributed by atoms with Crippen molar-refractivity contribution in [3.63, 3.8) is 0 Å². The van der Waals surface area contributed by atoms with E-state index in [2.05, 4.69) is 10.2 Å². The smallest absolute Gasteiger partial charge is 0.339 e. The van der Waals surface area contributed by atoms with Crippen LogP contribution in [0.1, 0.15) is 5.56 Å². The largest absolute Gasteiger partial charge is 0.493 e. The zero-order valence-corrected chi connectivity index (χ0v) is 16.0. The van der Waals surface area contributed by atoms with Gasteiger partial charge in [-0.3, -0.25) is 0 Å². The predicted molar refractivity (Wildman–Crippen MR) is 99.1 cm³/mol. The Hall–Kier alpha value is -2.84. The Morgan fingerprint density at radius 3 is 2.26 bits per heavy atom. The zero-order valence-electron chi connectivity index (χ0n) is 14.4. The lowest BCUT2D eigenvalue weighted by Gasteiger charge is -2.13. The number of para-hydroxylation sites is 2. The van der Waals surface area contributed by atoms with Crippen molar-refractivity contribution >= 4 is 21.7 Å².